The molecule has 3 N–H and O–H groups in total. The summed E-state index contributed by atoms with van der Waals surface area (Å²) < 4.78 is 0. The number of rotatable bonds is 5. The third-order valence-corrected chi connectivity index (χ3v) is 5.51. The Morgan fingerprint density at radius 2 is 1.59 bits per heavy atom. The van der Waals surface area contributed by atoms with E-state index < -0.39 is 0 Å². The van der Waals surface area contributed by atoms with Crippen LogP contribution in [0.15, 0.2) is 79.0 Å². The molecule has 2 heterocycles. The van der Waals surface area contributed by atoms with Gasteiger partial charge in [-0.3, -0.25) is 15.1 Å². The molecule has 0 bridgehead atoms. The normalized spacial score (nSPS) is 13.5. The van der Waals surface area contributed by atoms with Crippen molar-refractivity contribution in [3.05, 3.63) is 90.1 Å². The van der Waals surface area contributed by atoms with Crippen LogP contribution in [0.5, 0.6) is 0 Å². The molecular weight excluding hydrogens is 404 g/mol. The Bertz CT molecular complexity index is 1040. The topological polar surface area (TPSA) is 94.8 Å². The molecule has 0 radical (unpaired) electrons. The second-order valence-electron chi connectivity index (χ2n) is 7.54. The molecular formula is C24H26N6O2. The zero-order valence-electron chi connectivity index (χ0n) is 17.7. The highest BCUT2D eigenvalue weighted by molar-refractivity contribution is 5.94. The molecule has 0 unspecified atom stereocenters. The molecule has 8 nitrogen and oxygen atoms in total. The zero-order valence-corrected chi connectivity index (χ0v) is 17.7. The molecule has 0 aliphatic carbocycles. The number of nitrogen functional groups attached to an aromatic ring is 1. The summed E-state index contributed by atoms with van der Waals surface area (Å²) in [7, 11) is 0. The maximum Gasteiger partial charge on any atom is 0.324 e. The second-order valence-corrected chi connectivity index (χ2v) is 7.54. The first-order chi connectivity index (χ1) is 15.7. The number of anilines is 2. The number of amides is 3. The lowest BCUT2D eigenvalue weighted by Crippen LogP contribution is -2.53. The highest BCUT2D eigenvalue weighted by Gasteiger charge is 2.27. The Balaban J connectivity index is 1.48. The van der Waals surface area contributed by atoms with Gasteiger partial charge in [0.15, 0.2) is 0 Å². The molecule has 1 aromatic heterocycles. The molecule has 0 saturated carbocycles. The number of hydrazine groups is 1. The van der Waals surface area contributed by atoms with Gasteiger partial charge < -0.3 is 9.80 Å². The van der Waals surface area contributed by atoms with E-state index in [9.17, 15) is 9.59 Å². The maximum absolute atomic E-state index is 13.5. The minimum absolute atomic E-state index is 0.0411. The number of urea groups is 1. The van der Waals surface area contributed by atoms with Gasteiger partial charge in [0.05, 0.1) is 6.54 Å². The van der Waals surface area contributed by atoms with E-state index in [4.69, 9.17) is 5.84 Å². The fraction of sp³-hybridized carbons (Fsp3) is 0.208. The molecule has 4 rings (SSSR count). The van der Waals surface area contributed by atoms with Crippen LogP contribution in [0.3, 0.4) is 0 Å². The van der Waals surface area contributed by atoms with Crippen LogP contribution in [0.4, 0.5) is 16.3 Å². The molecule has 0 spiro atoms. The van der Waals surface area contributed by atoms with Crippen LogP contribution in [0.1, 0.15) is 15.9 Å². The number of para-hydroxylation sites is 1. The smallest absolute Gasteiger partial charge is 0.324 e. The van der Waals surface area contributed by atoms with Crippen molar-refractivity contribution in [2.75, 3.05) is 36.0 Å². The van der Waals surface area contributed by atoms with Crippen LogP contribution in [0.25, 0.3) is 0 Å². The molecule has 1 aliphatic heterocycles. The summed E-state index contributed by atoms with van der Waals surface area (Å²) in [6.07, 6.45) is 1.78. The van der Waals surface area contributed by atoms with Crippen LogP contribution in [-0.2, 0) is 6.54 Å². The minimum atomic E-state index is -0.349. The number of nitrogens with zero attached hydrogens (tertiary/aromatic N) is 4. The lowest BCUT2D eigenvalue weighted by molar-refractivity contribution is 0.0953. The number of carbonyl (C=O) groups excluding carboxylic acids is 2. The maximum atomic E-state index is 13.5. The molecule has 1 saturated heterocycles. The molecule has 0 atom stereocenters. The van der Waals surface area contributed by atoms with Crippen molar-refractivity contribution in [2.45, 2.75) is 6.54 Å². The first-order valence-corrected chi connectivity index (χ1v) is 10.5. The number of nitrogens with two attached hydrogens (primary N) is 1. The Hall–Kier alpha value is -3.91. The van der Waals surface area contributed by atoms with Gasteiger partial charge in [0.1, 0.15) is 5.82 Å². The lowest BCUT2D eigenvalue weighted by Gasteiger charge is -2.38. The van der Waals surface area contributed by atoms with E-state index in [0.717, 1.165) is 30.2 Å². The van der Waals surface area contributed by atoms with Gasteiger partial charge in [-0.15, -0.1) is 0 Å². The number of benzene rings is 2. The summed E-state index contributed by atoms with van der Waals surface area (Å²) in [5.41, 5.74) is 4.34. The predicted octanol–water partition coefficient (Wildman–Crippen LogP) is 2.63. The number of hydrogen-bond donors (Lipinski definition) is 2. The summed E-state index contributed by atoms with van der Waals surface area (Å²) >= 11 is 0. The van der Waals surface area contributed by atoms with Gasteiger partial charge in [0.25, 0.3) is 5.91 Å². The van der Waals surface area contributed by atoms with Gasteiger partial charge in [0.2, 0.25) is 0 Å². The fourth-order valence-electron chi connectivity index (χ4n) is 3.74. The fourth-order valence-corrected chi connectivity index (χ4v) is 3.74. The minimum Gasteiger partial charge on any atom is -0.353 e. The monoisotopic (exact) mass is 430 g/mol. The number of aromatic nitrogens is 1. The van der Waals surface area contributed by atoms with Gasteiger partial charge in [-0.25, -0.2) is 15.6 Å². The van der Waals surface area contributed by atoms with E-state index in [1.54, 1.807) is 23.2 Å². The average Bonchev–Trinajstić information content (AvgIpc) is 2.88. The van der Waals surface area contributed by atoms with Crippen molar-refractivity contribution in [2.24, 2.45) is 5.84 Å². The number of piperazine rings is 1. The highest BCUT2D eigenvalue weighted by atomic mass is 16.2. The van der Waals surface area contributed by atoms with Gasteiger partial charge >= 0.3 is 6.03 Å². The van der Waals surface area contributed by atoms with E-state index in [-0.39, 0.29) is 11.9 Å². The summed E-state index contributed by atoms with van der Waals surface area (Å²) in [5.74, 6) is 5.79. The van der Waals surface area contributed by atoms with Crippen molar-refractivity contribution in [3.8, 4) is 0 Å². The van der Waals surface area contributed by atoms with Gasteiger partial charge in [-0.05, 0) is 42.0 Å². The Morgan fingerprint density at radius 3 is 2.22 bits per heavy atom. The molecule has 164 valence electrons. The first kappa shape index (κ1) is 21.3. The highest BCUT2D eigenvalue weighted by Crippen LogP contribution is 2.21. The summed E-state index contributed by atoms with van der Waals surface area (Å²) in [5, 5.41) is 0. The molecule has 3 amide bonds. The van der Waals surface area contributed by atoms with Crippen molar-refractivity contribution in [3.63, 3.8) is 0 Å². The van der Waals surface area contributed by atoms with E-state index >= 15 is 0 Å². The summed E-state index contributed by atoms with van der Waals surface area (Å²) in [4.78, 5) is 35.5. The third kappa shape index (κ3) is 4.87. The SMILES string of the molecule is NNC(=O)c1ccc(CN(C(=O)N2CCN(c3ccccn3)CC2)c2ccccc2)cc1. The predicted molar refractivity (Wildman–Crippen MR) is 124 cm³/mol. The first-order valence-electron chi connectivity index (χ1n) is 10.5. The molecule has 8 heteroatoms. The van der Waals surface area contributed by atoms with Gasteiger partial charge in [-0.1, -0.05) is 36.4 Å². The van der Waals surface area contributed by atoms with E-state index in [2.05, 4.69) is 15.3 Å². The number of pyridine rings is 1. The summed E-state index contributed by atoms with van der Waals surface area (Å²) in [6, 6.07) is 22.5. The van der Waals surface area contributed by atoms with Crippen LogP contribution >= 0.6 is 0 Å². The molecule has 3 aromatic rings. The number of nitrogens with one attached hydrogen (secondary N) is 1. The number of hydrogen-bond acceptors (Lipinski definition) is 5. The van der Waals surface area contributed by atoms with Crippen molar-refractivity contribution < 1.29 is 9.59 Å². The lowest BCUT2D eigenvalue weighted by atomic mass is 10.1. The van der Waals surface area contributed by atoms with E-state index in [0.29, 0.717) is 25.2 Å². The van der Waals surface area contributed by atoms with Crippen LogP contribution in [-0.4, -0.2) is 48.0 Å². The molecule has 2 aromatic carbocycles. The Morgan fingerprint density at radius 1 is 0.906 bits per heavy atom. The van der Waals surface area contributed by atoms with Crippen molar-refractivity contribution in [1.29, 1.82) is 0 Å². The molecule has 1 fully saturated rings. The summed E-state index contributed by atoms with van der Waals surface area (Å²) in [6.45, 7) is 3.10. The van der Waals surface area contributed by atoms with Crippen molar-refractivity contribution in [1.82, 2.24) is 15.3 Å². The molecule has 1 aliphatic rings. The largest absolute Gasteiger partial charge is 0.353 e. The van der Waals surface area contributed by atoms with E-state index in [1.165, 1.54) is 0 Å². The van der Waals surface area contributed by atoms with Crippen LogP contribution in [0.2, 0.25) is 0 Å². The standard InChI is InChI=1S/C24H26N6O2/c25-27-23(31)20-11-9-19(10-12-20)18-30(21-6-2-1-3-7-21)24(32)29-16-14-28(15-17-29)22-8-4-5-13-26-22/h1-13H,14-18,25H2,(H,27,31). The third-order valence-electron chi connectivity index (χ3n) is 5.51. The number of carbonyl (C=O) groups is 2. The average molecular weight is 431 g/mol. The van der Waals surface area contributed by atoms with Gasteiger partial charge in [0, 0.05) is 43.6 Å². The Kier molecular flexibility index (Phi) is 6.62. The zero-order chi connectivity index (χ0) is 22.3. The van der Waals surface area contributed by atoms with Crippen LogP contribution in [0, 0.1) is 0 Å². The quantitative estimate of drug-likeness (QED) is 0.369. The van der Waals surface area contributed by atoms with Crippen molar-refractivity contribution >= 4 is 23.4 Å². The van der Waals surface area contributed by atoms with E-state index in [1.807, 2.05) is 65.6 Å². The second kappa shape index (κ2) is 9.93. The van der Waals surface area contributed by atoms with Gasteiger partial charge in [-0.2, -0.15) is 0 Å². The van der Waals surface area contributed by atoms with Crippen LogP contribution < -0.4 is 21.1 Å². The molecule has 32 heavy (non-hydrogen) atoms. The Labute approximate surface area is 187 Å².